The quantitative estimate of drug-likeness (QED) is 0.705. The zero-order valence-electron chi connectivity index (χ0n) is 8.71. The topological polar surface area (TPSA) is 46.3 Å². The molecule has 1 aliphatic rings. The number of hydrogen-bond donors (Lipinski definition) is 1. The van der Waals surface area contributed by atoms with Crippen LogP contribution >= 0.6 is 11.6 Å². The molecule has 1 heterocycles. The first-order valence-electron chi connectivity index (χ1n) is 5.26. The van der Waals surface area contributed by atoms with Gasteiger partial charge in [-0.05, 0) is 18.8 Å². The number of halogens is 1. The smallest absolute Gasteiger partial charge is 0.222 e. The van der Waals surface area contributed by atoms with Crippen LogP contribution in [0, 0.1) is 5.92 Å². The van der Waals surface area contributed by atoms with Gasteiger partial charge in [0.15, 0.2) is 0 Å². The molecule has 0 spiro atoms. The Hall–Kier alpha value is -0.280. The van der Waals surface area contributed by atoms with Gasteiger partial charge in [0, 0.05) is 31.4 Å². The van der Waals surface area contributed by atoms with Crippen molar-refractivity contribution >= 4 is 17.5 Å². The predicted octanol–water partition coefficient (Wildman–Crippen LogP) is 1.20. The first-order valence-corrected chi connectivity index (χ1v) is 5.80. The van der Waals surface area contributed by atoms with Crippen LogP contribution in [0.4, 0.5) is 0 Å². The standard InChI is InChI=1S/C10H19ClN2O/c1-2-9(12)3-4-13-7-8(6-11)5-10(13)14/h8-9H,2-7,12H2,1H3. The molecule has 0 aromatic carbocycles. The highest BCUT2D eigenvalue weighted by Crippen LogP contribution is 2.19. The van der Waals surface area contributed by atoms with Crippen molar-refractivity contribution in [2.75, 3.05) is 19.0 Å². The molecule has 1 rings (SSSR count). The number of nitrogens with zero attached hydrogens (tertiary/aromatic N) is 1. The number of alkyl halides is 1. The fraction of sp³-hybridized carbons (Fsp3) is 0.900. The van der Waals surface area contributed by atoms with E-state index in [0.717, 1.165) is 25.9 Å². The molecule has 82 valence electrons. The van der Waals surface area contributed by atoms with Gasteiger partial charge in [0.1, 0.15) is 0 Å². The van der Waals surface area contributed by atoms with Crippen molar-refractivity contribution < 1.29 is 4.79 Å². The van der Waals surface area contributed by atoms with Crippen LogP contribution in [-0.4, -0.2) is 35.8 Å². The maximum atomic E-state index is 11.5. The van der Waals surface area contributed by atoms with Gasteiger partial charge in [-0.15, -0.1) is 11.6 Å². The zero-order chi connectivity index (χ0) is 10.6. The summed E-state index contributed by atoms with van der Waals surface area (Å²) in [4.78, 5) is 13.4. The summed E-state index contributed by atoms with van der Waals surface area (Å²) in [5.41, 5.74) is 5.80. The number of likely N-dealkylation sites (tertiary alicyclic amines) is 1. The van der Waals surface area contributed by atoms with E-state index in [1.165, 1.54) is 0 Å². The molecule has 0 radical (unpaired) electrons. The normalized spacial score (nSPS) is 24.4. The molecule has 0 bridgehead atoms. The molecule has 0 aromatic heterocycles. The number of rotatable bonds is 5. The molecule has 1 fully saturated rings. The second-order valence-corrected chi connectivity index (χ2v) is 4.33. The summed E-state index contributed by atoms with van der Waals surface area (Å²) in [5, 5.41) is 0. The molecule has 0 saturated carbocycles. The fourth-order valence-corrected chi connectivity index (χ4v) is 1.91. The van der Waals surface area contributed by atoms with Gasteiger partial charge in [-0.3, -0.25) is 4.79 Å². The van der Waals surface area contributed by atoms with Crippen LogP contribution < -0.4 is 5.73 Å². The molecule has 0 aliphatic carbocycles. The molecule has 4 heteroatoms. The minimum absolute atomic E-state index is 0.220. The number of nitrogens with two attached hydrogens (primary N) is 1. The highest BCUT2D eigenvalue weighted by Gasteiger charge is 2.28. The average Bonchev–Trinajstić information content (AvgIpc) is 2.55. The van der Waals surface area contributed by atoms with E-state index >= 15 is 0 Å². The Morgan fingerprint density at radius 1 is 1.71 bits per heavy atom. The highest BCUT2D eigenvalue weighted by atomic mass is 35.5. The van der Waals surface area contributed by atoms with E-state index in [-0.39, 0.29) is 11.9 Å². The molecule has 2 atom stereocenters. The number of hydrogen-bond acceptors (Lipinski definition) is 2. The van der Waals surface area contributed by atoms with Crippen LogP contribution in [0.2, 0.25) is 0 Å². The van der Waals surface area contributed by atoms with Crippen LogP contribution in [0.3, 0.4) is 0 Å². The van der Waals surface area contributed by atoms with Gasteiger partial charge >= 0.3 is 0 Å². The summed E-state index contributed by atoms with van der Waals surface area (Å²) in [6.45, 7) is 3.68. The van der Waals surface area contributed by atoms with E-state index in [1.54, 1.807) is 0 Å². The van der Waals surface area contributed by atoms with E-state index in [9.17, 15) is 4.79 Å². The monoisotopic (exact) mass is 218 g/mol. The Balaban J connectivity index is 2.28. The molecular formula is C10H19ClN2O. The van der Waals surface area contributed by atoms with Crippen molar-refractivity contribution in [3.05, 3.63) is 0 Å². The SMILES string of the molecule is CCC(N)CCN1CC(CCl)CC1=O. The largest absolute Gasteiger partial charge is 0.342 e. The lowest BCUT2D eigenvalue weighted by Crippen LogP contribution is -2.31. The first-order chi connectivity index (χ1) is 6.67. The molecule has 1 aliphatic heterocycles. The third-order valence-electron chi connectivity index (χ3n) is 2.81. The van der Waals surface area contributed by atoms with Gasteiger partial charge in [0.05, 0.1) is 0 Å². The molecule has 2 unspecified atom stereocenters. The van der Waals surface area contributed by atoms with Crippen LogP contribution in [0.25, 0.3) is 0 Å². The van der Waals surface area contributed by atoms with Crippen molar-refractivity contribution in [1.29, 1.82) is 0 Å². The van der Waals surface area contributed by atoms with Crippen molar-refractivity contribution in [3.63, 3.8) is 0 Å². The van der Waals surface area contributed by atoms with E-state index in [4.69, 9.17) is 17.3 Å². The minimum Gasteiger partial charge on any atom is -0.342 e. The van der Waals surface area contributed by atoms with Crippen LogP contribution in [0.15, 0.2) is 0 Å². The van der Waals surface area contributed by atoms with Crippen LogP contribution in [0.1, 0.15) is 26.2 Å². The Bertz CT molecular complexity index is 199. The Kier molecular flexibility index (Phi) is 4.69. The zero-order valence-corrected chi connectivity index (χ0v) is 9.46. The van der Waals surface area contributed by atoms with E-state index in [0.29, 0.717) is 18.2 Å². The molecular weight excluding hydrogens is 200 g/mol. The Labute approximate surface area is 90.6 Å². The number of carbonyl (C=O) groups is 1. The summed E-state index contributed by atoms with van der Waals surface area (Å²) in [5.74, 6) is 1.17. The second-order valence-electron chi connectivity index (χ2n) is 4.02. The minimum atomic E-state index is 0.220. The average molecular weight is 219 g/mol. The number of amides is 1. The maximum absolute atomic E-state index is 11.5. The van der Waals surface area contributed by atoms with Gasteiger partial charge in [-0.1, -0.05) is 6.92 Å². The lowest BCUT2D eigenvalue weighted by Gasteiger charge is -2.18. The second kappa shape index (κ2) is 5.56. The summed E-state index contributed by atoms with van der Waals surface area (Å²) in [6, 6.07) is 0.220. The van der Waals surface area contributed by atoms with Gasteiger partial charge in [0.25, 0.3) is 0 Å². The van der Waals surface area contributed by atoms with Gasteiger partial charge in [-0.2, -0.15) is 0 Å². The third-order valence-corrected chi connectivity index (χ3v) is 3.24. The molecule has 1 amide bonds. The Morgan fingerprint density at radius 2 is 2.43 bits per heavy atom. The van der Waals surface area contributed by atoms with E-state index in [1.807, 2.05) is 4.90 Å². The molecule has 2 N–H and O–H groups in total. The summed E-state index contributed by atoms with van der Waals surface area (Å²) >= 11 is 5.72. The van der Waals surface area contributed by atoms with Gasteiger partial charge in [-0.25, -0.2) is 0 Å². The maximum Gasteiger partial charge on any atom is 0.222 e. The van der Waals surface area contributed by atoms with Crippen molar-refractivity contribution in [3.8, 4) is 0 Å². The van der Waals surface area contributed by atoms with Crippen LogP contribution in [0.5, 0.6) is 0 Å². The summed E-state index contributed by atoms with van der Waals surface area (Å²) in [6.07, 6.45) is 2.49. The number of carbonyl (C=O) groups excluding carboxylic acids is 1. The Morgan fingerprint density at radius 3 is 2.93 bits per heavy atom. The van der Waals surface area contributed by atoms with Gasteiger partial charge in [0.2, 0.25) is 5.91 Å². The summed E-state index contributed by atoms with van der Waals surface area (Å²) in [7, 11) is 0. The van der Waals surface area contributed by atoms with Crippen molar-refractivity contribution in [2.24, 2.45) is 11.7 Å². The molecule has 0 aromatic rings. The van der Waals surface area contributed by atoms with Crippen molar-refractivity contribution in [2.45, 2.75) is 32.2 Å². The van der Waals surface area contributed by atoms with E-state index < -0.39 is 0 Å². The molecule has 3 nitrogen and oxygen atoms in total. The van der Waals surface area contributed by atoms with E-state index in [2.05, 4.69) is 6.92 Å². The lowest BCUT2D eigenvalue weighted by molar-refractivity contribution is -0.127. The lowest BCUT2D eigenvalue weighted by atomic mass is 10.1. The predicted molar refractivity (Wildman–Crippen MR) is 58.3 cm³/mol. The van der Waals surface area contributed by atoms with Crippen LogP contribution in [-0.2, 0) is 4.79 Å². The molecule has 1 saturated heterocycles. The summed E-state index contributed by atoms with van der Waals surface area (Å²) < 4.78 is 0. The van der Waals surface area contributed by atoms with Crippen molar-refractivity contribution in [1.82, 2.24) is 4.90 Å². The van der Waals surface area contributed by atoms with Gasteiger partial charge < -0.3 is 10.6 Å². The molecule has 14 heavy (non-hydrogen) atoms. The highest BCUT2D eigenvalue weighted by molar-refractivity contribution is 6.18. The third kappa shape index (κ3) is 3.14. The fourth-order valence-electron chi connectivity index (χ4n) is 1.70. The first kappa shape index (κ1) is 11.8.